The number of hydrogen-bond donors (Lipinski definition) is 2. The van der Waals surface area contributed by atoms with Gasteiger partial charge in [0, 0.05) is 12.6 Å². The summed E-state index contributed by atoms with van der Waals surface area (Å²) in [6, 6.07) is 15.2. The molecule has 0 aliphatic heterocycles. The van der Waals surface area contributed by atoms with Gasteiger partial charge in [0.1, 0.15) is 12.4 Å². The fourth-order valence-electron chi connectivity index (χ4n) is 2.07. The molecule has 0 aromatic heterocycles. The Morgan fingerprint density at radius 1 is 1.18 bits per heavy atom. The molecule has 2 aromatic rings. The second kappa shape index (κ2) is 7.61. The highest BCUT2D eigenvalue weighted by Gasteiger charge is 2.14. The highest BCUT2D eigenvalue weighted by Crippen LogP contribution is 2.20. The number of hydrogen-bond acceptors (Lipinski definition) is 3. The van der Waals surface area contributed by atoms with Crippen LogP contribution >= 0.6 is 0 Å². The van der Waals surface area contributed by atoms with Crippen molar-refractivity contribution in [1.82, 2.24) is 5.32 Å². The predicted octanol–water partition coefficient (Wildman–Crippen LogP) is 2.65. The predicted molar refractivity (Wildman–Crippen MR) is 87.9 cm³/mol. The highest BCUT2D eigenvalue weighted by atomic mass is 16.5. The first kappa shape index (κ1) is 16.0. The fourth-order valence-corrected chi connectivity index (χ4v) is 2.07. The van der Waals surface area contributed by atoms with Gasteiger partial charge >= 0.3 is 0 Å². The van der Waals surface area contributed by atoms with Gasteiger partial charge < -0.3 is 15.8 Å². The van der Waals surface area contributed by atoms with Crippen molar-refractivity contribution < 1.29 is 9.53 Å². The summed E-state index contributed by atoms with van der Waals surface area (Å²) in [7, 11) is 0. The zero-order chi connectivity index (χ0) is 15.9. The van der Waals surface area contributed by atoms with E-state index in [0.717, 1.165) is 5.56 Å². The third kappa shape index (κ3) is 4.09. The van der Waals surface area contributed by atoms with Gasteiger partial charge in [0.2, 0.25) is 0 Å². The minimum absolute atomic E-state index is 0.0723. The Kier molecular flexibility index (Phi) is 5.55. The summed E-state index contributed by atoms with van der Waals surface area (Å²) in [5.74, 6) is 0.408. The number of benzene rings is 2. The lowest BCUT2D eigenvalue weighted by Crippen LogP contribution is -2.37. The first-order chi connectivity index (χ1) is 10.6. The summed E-state index contributed by atoms with van der Waals surface area (Å²) >= 11 is 0. The summed E-state index contributed by atoms with van der Waals surface area (Å²) in [6.45, 7) is 4.75. The molecule has 4 nitrogen and oxygen atoms in total. The number of ether oxygens (including phenoxy) is 1. The van der Waals surface area contributed by atoms with Crippen LogP contribution in [0.1, 0.15) is 28.4 Å². The Hall–Kier alpha value is -2.33. The van der Waals surface area contributed by atoms with Crippen molar-refractivity contribution >= 4 is 5.91 Å². The number of carbonyl (C=O) groups excluding carboxylic acids is 1. The zero-order valence-corrected chi connectivity index (χ0v) is 13.0. The molecular formula is C18H22N2O2. The van der Waals surface area contributed by atoms with Gasteiger partial charge in [-0.1, -0.05) is 36.4 Å². The van der Waals surface area contributed by atoms with Gasteiger partial charge in [0.15, 0.2) is 0 Å². The SMILES string of the molecule is Cc1ccccc1COc1ccccc1C(=O)N[C@@H](C)CN. The molecule has 0 saturated carbocycles. The maximum atomic E-state index is 12.3. The lowest BCUT2D eigenvalue weighted by atomic mass is 10.1. The second-order valence-electron chi connectivity index (χ2n) is 5.32. The topological polar surface area (TPSA) is 64.3 Å². The van der Waals surface area contributed by atoms with E-state index < -0.39 is 0 Å². The normalized spacial score (nSPS) is 11.8. The summed E-state index contributed by atoms with van der Waals surface area (Å²) < 4.78 is 5.85. The third-order valence-electron chi connectivity index (χ3n) is 3.51. The zero-order valence-electron chi connectivity index (χ0n) is 13.0. The molecule has 0 heterocycles. The van der Waals surface area contributed by atoms with Crippen LogP contribution in [-0.4, -0.2) is 18.5 Å². The van der Waals surface area contributed by atoms with Gasteiger partial charge in [-0.2, -0.15) is 0 Å². The lowest BCUT2D eigenvalue weighted by molar-refractivity contribution is 0.0936. The minimum Gasteiger partial charge on any atom is -0.488 e. The van der Waals surface area contributed by atoms with Crippen molar-refractivity contribution in [1.29, 1.82) is 0 Å². The molecule has 0 radical (unpaired) electrons. The van der Waals surface area contributed by atoms with Crippen molar-refractivity contribution in [3.63, 3.8) is 0 Å². The van der Waals surface area contributed by atoms with Crippen LogP contribution in [-0.2, 0) is 6.61 Å². The molecule has 0 spiro atoms. The first-order valence-corrected chi connectivity index (χ1v) is 7.39. The molecule has 2 aromatic carbocycles. The molecule has 22 heavy (non-hydrogen) atoms. The molecule has 0 aliphatic rings. The Balaban J connectivity index is 2.11. The van der Waals surface area contributed by atoms with Gasteiger partial charge in [-0.3, -0.25) is 4.79 Å². The largest absolute Gasteiger partial charge is 0.488 e. The average Bonchev–Trinajstić information content (AvgIpc) is 2.54. The molecule has 2 rings (SSSR count). The lowest BCUT2D eigenvalue weighted by Gasteiger charge is -2.15. The number of carbonyl (C=O) groups is 1. The summed E-state index contributed by atoms with van der Waals surface area (Å²) in [5.41, 5.74) is 8.34. The molecule has 0 fully saturated rings. The monoisotopic (exact) mass is 298 g/mol. The van der Waals surface area contributed by atoms with E-state index in [0.29, 0.717) is 24.5 Å². The summed E-state index contributed by atoms with van der Waals surface area (Å²) in [6.07, 6.45) is 0. The fraction of sp³-hybridized carbons (Fsp3) is 0.278. The number of rotatable bonds is 6. The van der Waals surface area contributed by atoms with Gasteiger partial charge in [0.05, 0.1) is 5.56 Å². The standard InChI is InChI=1S/C18H22N2O2/c1-13-7-3-4-8-15(13)12-22-17-10-6-5-9-16(17)18(21)20-14(2)11-19/h3-10,14H,11-12,19H2,1-2H3,(H,20,21)/t14-/m0/s1. The molecule has 4 heteroatoms. The molecular weight excluding hydrogens is 276 g/mol. The van der Waals surface area contributed by atoms with Crippen LogP contribution in [0.25, 0.3) is 0 Å². The maximum Gasteiger partial charge on any atom is 0.255 e. The smallest absolute Gasteiger partial charge is 0.255 e. The van der Waals surface area contributed by atoms with E-state index in [9.17, 15) is 4.79 Å². The number of amides is 1. The average molecular weight is 298 g/mol. The van der Waals surface area contributed by atoms with Gasteiger partial charge in [0.25, 0.3) is 5.91 Å². The minimum atomic E-state index is -0.168. The van der Waals surface area contributed by atoms with Crippen LogP contribution < -0.4 is 15.8 Å². The second-order valence-corrected chi connectivity index (χ2v) is 5.32. The molecule has 0 unspecified atom stereocenters. The van der Waals surface area contributed by atoms with Crippen LogP contribution in [0.5, 0.6) is 5.75 Å². The van der Waals surface area contributed by atoms with Crippen molar-refractivity contribution in [3.05, 3.63) is 65.2 Å². The molecule has 0 bridgehead atoms. The van der Waals surface area contributed by atoms with Gasteiger partial charge in [-0.05, 0) is 37.1 Å². The van der Waals surface area contributed by atoms with E-state index >= 15 is 0 Å². The van der Waals surface area contributed by atoms with Crippen LogP contribution in [0.2, 0.25) is 0 Å². The summed E-state index contributed by atoms with van der Waals surface area (Å²) in [4.78, 5) is 12.3. The van der Waals surface area contributed by atoms with Crippen molar-refractivity contribution in [2.45, 2.75) is 26.5 Å². The molecule has 0 aliphatic carbocycles. The van der Waals surface area contributed by atoms with Crippen LogP contribution in [0.15, 0.2) is 48.5 Å². The van der Waals surface area contributed by atoms with Crippen LogP contribution in [0.3, 0.4) is 0 Å². The summed E-state index contributed by atoms with van der Waals surface area (Å²) in [5, 5.41) is 2.85. The molecule has 0 saturated heterocycles. The van der Waals surface area contributed by atoms with Crippen molar-refractivity contribution in [2.24, 2.45) is 5.73 Å². The van der Waals surface area contributed by atoms with E-state index in [2.05, 4.69) is 5.32 Å². The molecule has 116 valence electrons. The van der Waals surface area contributed by atoms with E-state index in [1.807, 2.05) is 50.2 Å². The van der Waals surface area contributed by atoms with E-state index in [1.54, 1.807) is 12.1 Å². The van der Waals surface area contributed by atoms with E-state index in [4.69, 9.17) is 10.5 Å². The van der Waals surface area contributed by atoms with Gasteiger partial charge in [-0.15, -0.1) is 0 Å². The van der Waals surface area contributed by atoms with E-state index in [1.165, 1.54) is 5.56 Å². The molecule has 1 atom stereocenters. The Labute approximate surface area is 131 Å². The number of nitrogens with one attached hydrogen (secondary N) is 1. The van der Waals surface area contributed by atoms with Gasteiger partial charge in [-0.25, -0.2) is 0 Å². The third-order valence-corrected chi connectivity index (χ3v) is 3.51. The number of para-hydroxylation sites is 1. The Morgan fingerprint density at radius 3 is 2.59 bits per heavy atom. The van der Waals surface area contributed by atoms with E-state index in [-0.39, 0.29) is 11.9 Å². The van der Waals surface area contributed by atoms with Crippen LogP contribution in [0, 0.1) is 6.92 Å². The Bertz CT molecular complexity index is 640. The van der Waals surface area contributed by atoms with Crippen LogP contribution in [0.4, 0.5) is 0 Å². The Morgan fingerprint density at radius 2 is 1.86 bits per heavy atom. The number of aryl methyl sites for hydroxylation is 1. The molecule has 1 amide bonds. The van der Waals surface area contributed by atoms with Crippen molar-refractivity contribution in [3.8, 4) is 5.75 Å². The maximum absolute atomic E-state index is 12.3. The number of nitrogens with two attached hydrogens (primary N) is 1. The quantitative estimate of drug-likeness (QED) is 0.861. The first-order valence-electron chi connectivity index (χ1n) is 7.39. The highest BCUT2D eigenvalue weighted by molar-refractivity contribution is 5.97. The van der Waals surface area contributed by atoms with Crippen molar-refractivity contribution in [2.75, 3.05) is 6.54 Å². The molecule has 3 N–H and O–H groups in total.